The van der Waals surface area contributed by atoms with E-state index in [0.717, 1.165) is 10.6 Å². The molecule has 1 aromatic carbocycles. The number of hydrogen-bond acceptors (Lipinski definition) is 7. The minimum absolute atomic E-state index is 0.0755. The first-order valence-corrected chi connectivity index (χ1v) is 6.82. The van der Waals surface area contributed by atoms with Crippen LogP contribution in [0.5, 0.6) is 0 Å². The van der Waals surface area contributed by atoms with Gasteiger partial charge in [0.25, 0.3) is 5.69 Å². The Morgan fingerprint density at radius 3 is 3.11 bits per heavy atom. The topological polar surface area (TPSA) is 84.8 Å². The van der Waals surface area contributed by atoms with Gasteiger partial charge in [0, 0.05) is 17.5 Å². The van der Waals surface area contributed by atoms with Crippen molar-refractivity contribution >= 4 is 34.4 Å². The molecule has 1 atom stereocenters. The van der Waals surface area contributed by atoms with Gasteiger partial charge in [-0.2, -0.15) is 0 Å². The summed E-state index contributed by atoms with van der Waals surface area (Å²) in [6.45, 7) is 0. The molecule has 0 aromatic heterocycles. The van der Waals surface area contributed by atoms with Crippen molar-refractivity contribution in [3.8, 4) is 0 Å². The molecular formula is C10H8N4O2S2. The zero-order chi connectivity index (χ0) is 12.7. The lowest BCUT2D eigenvalue weighted by Gasteiger charge is -2.18. The number of amidine groups is 1. The summed E-state index contributed by atoms with van der Waals surface area (Å²) in [7, 11) is 0. The standard InChI is InChI=1S/C10H8N4O2S2/c11-10-12-13-8(18-10)5-17-9(13)6-2-1-3-7(4-6)14(15)16/h1-5,9H,(H2,11,12). The van der Waals surface area contributed by atoms with Crippen LogP contribution in [0, 0.1) is 10.1 Å². The summed E-state index contributed by atoms with van der Waals surface area (Å²) in [5.41, 5.74) is 6.59. The Hall–Kier alpha value is -1.67. The number of thioether (sulfide) groups is 2. The Morgan fingerprint density at radius 1 is 1.50 bits per heavy atom. The van der Waals surface area contributed by atoms with E-state index in [0.29, 0.717) is 5.17 Å². The first-order valence-electron chi connectivity index (χ1n) is 5.06. The molecule has 2 aliphatic heterocycles. The minimum Gasteiger partial charge on any atom is -0.377 e. The molecule has 0 fully saturated rings. The molecule has 0 saturated heterocycles. The third-order valence-corrected chi connectivity index (χ3v) is 4.57. The van der Waals surface area contributed by atoms with E-state index in [2.05, 4.69) is 5.10 Å². The molecule has 6 nitrogen and oxygen atoms in total. The highest BCUT2D eigenvalue weighted by atomic mass is 32.2. The maximum Gasteiger partial charge on any atom is 0.269 e. The molecule has 0 radical (unpaired) electrons. The molecule has 0 bridgehead atoms. The third-order valence-electron chi connectivity index (χ3n) is 2.53. The highest BCUT2D eigenvalue weighted by Gasteiger charge is 2.34. The van der Waals surface area contributed by atoms with Crippen LogP contribution in [0.4, 0.5) is 5.69 Å². The lowest BCUT2D eigenvalue weighted by Crippen LogP contribution is -2.13. The molecule has 1 unspecified atom stereocenters. The number of nitro benzene ring substituents is 1. The van der Waals surface area contributed by atoms with E-state index in [1.807, 2.05) is 11.5 Å². The maximum atomic E-state index is 10.8. The molecule has 1 aromatic rings. The molecule has 92 valence electrons. The van der Waals surface area contributed by atoms with E-state index in [4.69, 9.17) is 5.73 Å². The van der Waals surface area contributed by atoms with Gasteiger partial charge in [-0.05, 0) is 17.3 Å². The molecule has 2 N–H and O–H groups in total. The lowest BCUT2D eigenvalue weighted by molar-refractivity contribution is -0.384. The van der Waals surface area contributed by atoms with Gasteiger partial charge in [-0.25, -0.2) is 5.01 Å². The third kappa shape index (κ3) is 1.83. The zero-order valence-corrected chi connectivity index (χ0v) is 10.6. The van der Waals surface area contributed by atoms with Crippen molar-refractivity contribution in [1.29, 1.82) is 0 Å². The summed E-state index contributed by atoms with van der Waals surface area (Å²) in [5, 5.41) is 20.1. The molecule has 0 aliphatic carbocycles. The van der Waals surface area contributed by atoms with E-state index in [1.54, 1.807) is 28.9 Å². The van der Waals surface area contributed by atoms with Crippen LogP contribution in [0.25, 0.3) is 0 Å². The summed E-state index contributed by atoms with van der Waals surface area (Å²) >= 11 is 2.97. The highest BCUT2D eigenvalue weighted by molar-refractivity contribution is 8.18. The highest BCUT2D eigenvalue weighted by Crippen LogP contribution is 2.49. The number of nitrogens with two attached hydrogens (primary N) is 1. The van der Waals surface area contributed by atoms with Gasteiger partial charge >= 0.3 is 0 Å². The zero-order valence-electron chi connectivity index (χ0n) is 9.02. The minimum atomic E-state index is -0.395. The number of fused-ring (bicyclic) bond motifs is 1. The molecule has 3 rings (SSSR count). The van der Waals surface area contributed by atoms with Crippen LogP contribution < -0.4 is 5.73 Å². The van der Waals surface area contributed by atoms with Gasteiger partial charge in [-0.15, -0.1) is 5.10 Å². The number of nitro groups is 1. The van der Waals surface area contributed by atoms with Crippen LogP contribution in [0.2, 0.25) is 0 Å². The van der Waals surface area contributed by atoms with Crippen LogP contribution in [-0.4, -0.2) is 15.1 Å². The first-order chi connectivity index (χ1) is 8.65. The van der Waals surface area contributed by atoms with Gasteiger partial charge in [-0.1, -0.05) is 23.9 Å². The Balaban J connectivity index is 1.93. The first kappa shape index (κ1) is 11.4. The lowest BCUT2D eigenvalue weighted by atomic mass is 10.2. The molecule has 8 heteroatoms. The molecule has 2 heterocycles. The second-order valence-electron chi connectivity index (χ2n) is 3.68. The van der Waals surface area contributed by atoms with Crippen LogP contribution in [0.1, 0.15) is 10.9 Å². The number of nitrogens with zero attached hydrogens (tertiary/aromatic N) is 3. The van der Waals surface area contributed by atoms with Gasteiger partial charge in [0.05, 0.1) is 4.92 Å². The summed E-state index contributed by atoms with van der Waals surface area (Å²) in [4.78, 5) is 10.4. The van der Waals surface area contributed by atoms with E-state index >= 15 is 0 Å². The Labute approximate surface area is 111 Å². The fraction of sp³-hybridized carbons (Fsp3) is 0.100. The van der Waals surface area contributed by atoms with Gasteiger partial charge in [-0.3, -0.25) is 10.1 Å². The number of non-ortho nitro benzene ring substituents is 1. The quantitative estimate of drug-likeness (QED) is 0.661. The van der Waals surface area contributed by atoms with E-state index in [1.165, 1.54) is 17.8 Å². The fourth-order valence-corrected chi connectivity index (χ4v) is 3.71. The second kappa shape index (κ2) is 4.21. The molecule has 0 spiro atoms. The normalized spacial score (nSPS) is 21.6. The van der Waals surface area contributed by atoms with Crippen molar-refractivity contribution in [2.45, 2.75) is 5.37 Å². The summed E-state index contributed by atoms with van der Waals surface area (Å²) < 4.78 is 0. The summed E-state index contributed by atoms with van der Waals surface area (Å²) in [5.74, 6) is 0. The maximum absolute atomic E-state index is 10.8. The molecular weight excluding hydrogens is 272 g/mol. The summed E-state index contributed by atoms with van der Waals surface area (Å²) in [6, 6.07) is 6.59. The number of benzene rings is 1. The molecule has 0 saturated carbocycles. The predicted molar refractivity (Wildman–Crippen MR) is 72.6 cm³/mol. The Morgan fingerprint density at radius 2 is 2.33 bits per heavy atom. The van der Waals surface area contributed by atoms with E-state index in [-0.39, 0.29) is 11.1 Å². The van der Waals surface area contributed by atoms with Crippen LogP contribution in [0.3, 0.4) is 0 Å². The van der Waals surface area contributed by atoms with E-state index < -0.39 is 4.92 Å². The summed E-state index contributed by atoms with van der Waals surface area (Å²) in [6.07, 6.45) is 0. The number of hydrogen-bond donors (Lipinski definition) is 1. The molecule has 0 amide bonds. The van der Waals surface area contributed by atoms with Crippen molar-refractivity contribution in [3.05, 3.63) is 50.4 Å². The van der Waals surface area contributed by atoms with Gasteiger partial charge in [0.2, 0.25) is 0 Å². The van der Waals surface area contributed by atoms with Gasteiger partial charge < -0.3 is 5.73 Å². The van der Waals surface area contributed by atoms with Crippen molar-refractivity contribution in [2.24, 2.45) is 10.8 Å². The van der Waals surface area contributed by atoms with Crippen molar-refractivity contribution in [3.63, 3.8) is 0 Å². The van der Waals surface area contributed by atoms with Gasteiger partial charge in [0.1, 0.15) is 10.4 Å². The number of hydrazone groups is 1. The van der Waals surface area contributed by atoms with Gasteiger partial charge in [0.15, 0.2) is 5.17 Å². The average molecular weight is 280 g/mol. The largest absolute Gasteiger partial charge is 0.377 e. The molecule has 18 heavy (non-hydrogen) atoms. The molecule has 2 aliphatic rings. The Bertz CT molecular complexity index is 587. The number of rotatable bonds is 2. The smallest absolute Gasteiger partial charge is 0.269 e. The Kier molecular flexibility index (Phi) is 2.67. The van der Waals surface area contributed by atoms with Crippen molar-refractivity contribution in [2.75, 3.05) is 0 Å². The fourth-order valence-electron chi connectivity index (χ4n) is 1.77. The van der Waals surface area contributed by atoms with Crippen LogP contribution in [0.15, 0.2) is 39.8 Å². The SMILES string of the molecule is NC1=NN2C(=CSC2c2cccc([N+](=O)[O-])c2)S1. The van der Waals surface area contributed by atoms with Crippen LogP contribution in [-0.2, 0) is 0 Å². The van der Waals surface area contributed by atoms with Crippen molar-refractivity contribution in [1.82, 2.24) is 5.01 Å². The van der Waals surface area contributed by atoms with Crippen LogP contribution >= 0.6 is 23.5 Å². The van der Waals surface area contributed by atoms with Crippen molar-refractivity contribution < 1.29 is 4.92 Å². The second-order valence-corrected chi connectivity index (χ2v) is 5.68. The predicted octanol–water partition coefficient (Wildman–Crippen LogP) is 2.42. The van der Waals surface area contributed by atoms with E-state index in [9.17, 15) is 10.1 Å². The average Bonchev–Trinajstić information content (AvgIpc) is 2.87. The monoisotopic (exact) mass is 280 g/mol.